The van der Waals surface area contributed by atoms with E-state index in [1.165, 1.54) is 16.5 Å². The fraction of sp³-hybridized carbons (Fsp3) is 0.200. The quantitative estimate of drug-likeness (QED) is 0.649. The lowest BCUT2D eigenvalue weighted by atomic mass is 9.97. The van der Waals surface area contributed by atoms with Gasteiger partial charge in [-0.2, -0.15) is 0 Å². The van der Waals surface area contributed by atoms with E-state index in [-0.39, 0.29) is 6.10 Å². The highest BCUT2D eigenvalue weighted by molar-refractivity contribution is 6.01. The van der Waals surface area contributed by atoms with Gasteiger partial charge >= 0.3 is 0 Å². The molecule has 112 valence electrons. The van der Waals surface area contributed by atoms with Crippen LogP contribution in [0.1, 0.15) is 13.8 Å². The Bertz CT molecular complexity index is 776. The van der Waals surface area contributed by atoms with Gasteiger partial charge in [0.1, 0.15) is 0 Å². The highest BCUT2D eigenvalue weighted by Crippen LogP contribution is 2.40. The highest BCUT2D eigenvalue weighted by Gasteiger charge is 2.13. The summed E-state index contributed by atoms with van der Waals surface area (Å²) in [6.07, 6.45) is 0.0971. The third kappa shape index (κ3) is 2.64. The standard InChI is InChI=1S/C20H20O2/c1-14(2)22-20-18-11-7-10-16(15-8-5-4-6-9-15)17(18)12-13-19(20)21-3/h4-14H,1-3H3. The molecule has 0 amide bonds. The molecule has 0 saturated carbocycles. The zero-order valence-corrected chi connectivity index (χ0v) is 13.2. The maximum Gasteiger partial charge on any atom is 0.169 e. The molecule has 0 aliphatic heterocycles. The van der Waals surface area contributed by atoms with Gasteiger partial charge in [0.25, 0.3) is 0 Å². The Morgan fingerprint density at radius 2 is 1.55 bits per heavy atom. The Morgan fingerprint density at radius 1 is 0.773 bits per heavy atom. The van der Waals surface area contributed by atoms with Gasteiger partial charge in [-0.1, -0.05) is 48.5 Å². The van der Waals surface area contributed by atoms with Gasteiger partial charge < -0.3 is 9.47 Å². The molecule has 3 aromatic rings. The lowest BCUT2D eigenvalue weighted by molar-refractivity contribution is 0.233. The predicted octanol–water partition coefficient (Wildman–Crippen LogP) is 5.30. The number of rotatable bonds is 4. The summed E-state index contributed by atoms with van der Waals surface area (Å²) >= 11 is 0. The van der Waals surface area contributed by atoms with Crippen molar-refractivity contribution in [1.29, 1.82) is 0 Å². The second-order valence-electron chi connectivity index (χ2n) is 5.53. The van der Waals surface area contributed by atoms with Gasteiger partial charge in [-0.3, -0.25) is 0 Å². The van der Waals surface area contributed by atoms with E-state index in [9.17, 15) is 0 Å². The van der Waals surface area contributed by atoms with Crippen molar-refractivity contribution in [2.45, 2.75) is 20.0 Å². The van der Waals surface area contributed by atoms with Crippen LogP contribution in [0.3, 0.4) is 0 Å². The Balaban J connectivity index is 2.26. The summed E-state index contributed by atoms with van der Waals surface area (Å²) in [5.41, 5.74) is 2.41. The number of fused-ring (bicyclic) bond motifs is 1. The summed E-state index contributed by atoms with van der Waals surface area (Å²) in [6.45, 7) is 4.05. The number of hydrogen-bond donors (Lipinski definition) is 0. The van der Waals surface area contributed by atoms with E-state index >= 15 is 0 Å². The fourth-order valence-electron chi connectivity index (χ4n) is 2.70. The lowest BCUT2D eigenvalue weighted by Crippen LogP contribution is -2.07. The molecule has 3 aromatic carbocycles. The first-order chi connectivity index (χ1) is 10.7. The van der Waals surface area contributed by atoms with E-state index in [1.807, 2.05) is 26.0 Å². The van der Waals surface area contributed by atoms with E-state index in [4.69, 9.17) is 9.47 Å². The van der Waals surface area contributed by atoms with Gasteiger partial charge in [0, 0.05) is 5.39 Å². The molecule has 0 aliphatic rings. The minimum atomic E-state index is 0.0971. The van der Waals surface area contributed by atoms with Gasteiger partial charge in [0.2, 0.25) is 0 Å². The van der Waals surface area contributed by atoms with Crippen LogP contribution in [0.5, 0.6) is 11.5 Å². The Kier molecular flexibility index (Phi) is 4.01. The molecular formula is C20H20O2. The summed E-state index contributed by atoms with van der Waals surface area (Å²) in [5, 5.41) is 2.25. The van der Waals surface area contributed by atoms with Crippen LogP contribution in [0, 0.1) is 0 Å². The first-order valence-corrected chi connectivity index (χ1v) is 7.52. The first kappa shape index (κ1) is 14.5. The van der Waals surface area contributed by atoms with Crippen molar-refractivity contribution in [1.82, 2.24) is 0 Å². The second kappa shape index (κ2) is 6.10. The molecular weight excluding hydrogens is 272 g/mol. The molecule has 0 heterocycles. The molecule has 0 fully saturated rings. The van der Waals surface area contributed by atoms with Gasteiger partial charge in [-0.05, 0) is 42.5 Å². The smallest absolute Gasteiger partial charge is 0.169 e. The molecule has 0 unspecified atom stereocenters. The SMILES string of the molecule is COc1ccc2c(-c3ccccc3)cccc2c1OC(C)C. The minimum Gasteiger partial charge on any atom is -0.493 e. The van der Waals surface area contributed by atoms with Gasteiger partial charge in [-0.25, -0.2) is 0 Å². The van der Waals surface area contributed by atoms with Crippen molar-refractivity contribution in [2.75, 3.05) is 7.11 Å². The fourth-order valence-corrected chi connectivity index (χ4v) is 2.70. The number of methoxy groups -OCH3 is 1. The zero-order valence-electron chi connectivity index (χ0n) is 13.2. The molecule has 0 saturated heterocycles. The molecule has 2 nitrogen and oxygen atoms in total. The molecule has 0 radical (unpaired) electrons. The van der Waals surface area contributed by atoms with E-state index < -0.39 is 0 Å². The van der Waals surface area contributed by atoms with Gasteiger partial charge in [-0.15, -0.1) is 0 Å². The third-order valence-electron chi connectivity index (χ3n) is 3.63. The first-order valence-electron chi connectivity index (χ1n) is 7.52. The molecule has 0 bridgehead atoms. The summed E-state index contributed by atoms with van der Waals surface area (Å²) in [4.78, 5) is 0. The van der Waals surface area contributed by atoms with Crippen LogP contribution < -0.4 is 9.47 Å². The number of hydrogen-bond acceptors (Lipinski definition) is 2. The average Bonchev–Trinajstić information content (AvgIpc) is 2.55. The molecule has 0 aromatic heterocycles. The van der Waals surface area contributed by atoms with Gasteiger partial charge in [0.15, 0.2) is 11.5 Å². The van der Waals surface area contributed by atoms with Crippen molar-refractivity contribution in [3.8, 4) is 22.6 Å². The zero-order chi connectivity index (χ0) is 15.5. The second-order valence-corrected chi connectivity index (χ2v) is 5.53. The summed E-state index contributed by atoms with van der Waals surface area (Å²) in [7, 11) is 1.68. The molecule has 0 aliphatic carbocycles. The Labute approximate surface area is 131 Å². The predicted molar refractivity (Wildman–Crippen MR) is 91.7 cm³/mol. The van der Waals surface area contributed by atoms with Gasteiger partial charge in [0.05, 0.1) is 13.2 Å². The number of benzene rings is 3. The molecule has 0 N–H and O–H groups in total. The Morgan fingerprint density at radius 3 is 2.23 bits per heavy atom. The molecule has 0 atom stereocenters. The monoisotopic (exact) mass is 292 g/mol. The lowest BCUT2D eigenvalue weighted by Gasteiger charge is -2.17. The van der Waals surface area contributed by atoms with E-state index in [1.54, 1.807) is 7.11 Å². The normalized spacial score (nSPS) is 10.9. The van der Waals surface area contributed by atoms with Crippen molar-refractivity contribution < 1.29 is 9.47 Å². The van der Waals surface area contributed by atoms with Crippen LogP contribution in [-0.2, 0) is 0 Å². The van der Waals surface area contributed by atoms with E-state index in [2.05, 4.69) is 48.5 Å². The molecule has 3 rings (SSSR count). The van der Waals surface area contributed by atoms with Crippen LogP contribution in [0.25, 0.3) is 21.9 Å². The van der Waals surface area contributed by atoms with E-state index in [0.717, 1.165) is 16.9 Å². The van der Waals surface area contributed by atoms with Crippen molar-refractivity contribution in [3.05, 3.63) is 60.7 Å². The van der Waals surface area contributed by atoms with E-state index in [0.29, 0.717) is 0 Å². The van der Waals surface area contributed by atoms with Crippen molar-refractivity contribution >= 4 is 10.8 Å². The maximum absolute atomic E-state index is 6.02. The average molecular weight is 292 g/mol. The van der Waals surface area contributed by atoms with Crippen LogP contribution in [0.2, 0.25) is 0 Å². The third-order valence-corrected chi connectivity index (χ3v) is 3.63. The molecule has 2 heteroatoms. The largest absolute Gasteiger partial charge is 0.493 e. The van der Waals surface area contributed by atoms with Crippen molar-refractivity contribution in [2.24, 2.45) is 0 Å². The van der Waals surface area contributed by atoms with Crippen LogP contribution >= 0.6 is 0 Å². The Hall–Kier alpha value is -2.48. The topological polar surface area (TPSA) is 18.5 Å². The van der Waals surface area contributed by atoms with Crippen LogP contribution in [0.15, 0.2) is 60.7 Å². The summed E-state index contributed by atoms with van der Waals surface area (Å²) < 4.78 is 11.5. The highest BCUT2D eigenvalue weighted by atomic mass is 16.5. The number of ether oxygens (including phenoxy) is 2. The minimum absolute atomic E-state index is 0.0971. The van der Waals surface area contributed by atoms with Crippen molar-refractivity contribution in [3.63, 3.8) is 0 Å². The van der Waals surface area contributed by atoms with Crippen LogP contribution in [0.4, 0.5) is 0 Å². The summed E-state index contributed by atoms with van der Waals surface area (Å²) in [6, 6.07) is 20.8. The summed E-state index contributed by atoms with van der Waals surface area (Å²) in [5.74, 6) is 1.58. The van der Waals surface area contributed by atoms with Crippen LogP contribution in [-0.4, -0.2) is 13.2 Å². The molecule has 0 spiro atoms. The maximum atomic E-state index is 6.02. The molecule has 22 heavy (non-hydrogen) atoms.